The molecule has 132 valence electrons. The monoisotopic (exact) mass is 352 g/mol. The minimum Gasteiger partial charge on any atom is -0.354 e. The molecular formula is C15H24N6O2S. The number of nitrogens with one attached hydrogen (secondary N) is 3. The van der Waals surface area contributed by atoms with E-state index in [4.69, 9.17) is 5.26 Å². The molecule has 0 bridgehead atoms. The van der Waals surface area contributed by atoms with E-state index in [-0.39, 0.29) is 0 Å². The van der Waals surface area contributed by atoms with Crippen LogP contribution in [-0.4, -0.2) is 51.7 Å². The van der Waals surface area contributed by atoms with E-state index in [1.165, 1.54) is 0 Å². The summed E-state index contributed by atoms with van der Waals surface area (Å²) >= 11 is 0. The second kappa shape index (κ2) is 9.75. The summed E-state index contributed by atoms with van der Waals surface area (Å²) in [6, 6.07) is 6.66. The molecule has 0 saturated carbocycles. The van der Waals surface area contributed by atoms with Gasteiger partial charge >= 0.3 is 0 Å². The Morgan fingerprint density at radius 2 is 1.79 bits per heavy atom. The first-order valence-electron chi connectivity index (χ1n) is 7.65. The summed E-state index contributed by atoms with van der Waals surface area (Å²) in [7, 11) is -3.30. The molecule has 0 aliphatic rings. The highest BCUT2D eigenvalue weighted by Gasteiger charge is 2.04. The first-order valence-corrected chi connectivity index (χ1v) is 9.55. The normalized spacial score (nSPS) is 11.9. The molecule has 8 nitrogen and oxygen atoms in total. The molecule has 0 saturated heterocycles. The minimum absolute atomic E-state index is 0.355. The van der Waals surface area contributed by atoms with Gasteiger partial charge in [-0.1, -0.05) is 13.8 Å². The molecular weight excluding hydrogens is 328 g/mol. The van der Waals surface area contributed by atoms with Crippen molar-refractivity contribution in [3.63, 3.8) is 0 Å². The Labute approximate surface area is 143 Å². The number of aliphatic imine (C=N–C) groups is 1. The van der Waals surface area contributed by atoms with E-state index in [9.17, 15) is 8.42 Å². The van der Waals surface area contributed by atoms with Crippen LogP contribution in [0.15, 0.2) is 29.3 Å². The van der Waals surface area contributed by atoms with E-state index in [0.717, 1.165) is 25.9 Å². The molecule has 1 rings (SSSR count). The highest BCUT2D eigenvalue weighted by Crippen LogP contribution is 2.14. The van der Waals surface area contributed by atoms with Gasteiger partial charge in [0, 0.05) is 24.5 Å². The van der Waals surface area contributed by atoms with Gasteiger partial charge in [-0.05, 0) is 37.4 Å². The second-order valence-corrected chi connectivity index (χ2v) is 6.84. The fraction of sp³-hybridized carbons (Fsp3) is 0.467. The Kier molecular flexibility index (Phi) is 8.01. The molecule has 0 fully saturated rings. The molecule has 24 heavy (non-hydrogen) atoms. The van der Waals surface area contributed by atoms with Gasteiger partial charge in [0.15, 0.2) is 0 Å². The first kappa shape index (κ1) is 19.7. The lowest BCUT2D eigenvalue weighted by atomic mass is 10.3. The Morgan fingerprint density at radius 3 is 2.29 bits per heavy atom. The van der Waals surface area contributed by atoms with Gasteiger partial charge in [0.05, 0.1) is 6.26 Å². The van der Waals surface area contributed by atoms with E-state index < -0.39 is 10.0 Å². The predicted molar refractivity (Wildman–Crippen MR) is 97.4 cm³/mol. The zero-order valence-electron chi connectivity index (χ0n) is 14.2. The number of hydrogen-bond acceptors (Lipinski definition) is 5. The van der Waals surface area contributed by atoms with Crippen LogP contribution in [-0.2, 0) is 10.0 Å². The summed E-state index contributed by atoms with van der Waals surface area (Å²) < 4.78 is 24.7. The molecule has 0 unspecified atom stereocenters. The lowest BCUT2D eigenvalue weighted by molar-refractivity contribution is 0.308. The topological polar surface area (TPSA) is 110 Å². The average molecular weight is 352 g/mol. The number of guanidine groups is 1. The van der Waals surface area contributed by atoms with Gasteiger partial charge in [0.25, 0.3) is 0 Å². The van der Waals surface area contributed by atoms with Gasteiger partial charge in [-0.15, -0.1) is 4.99 Å². The number of rotatable bonds is 8. The van der Waals surface area contributed by atoms with Crippen molar-refractivity contribution in [3.05, 3.63) is 24.3 Å². The number of likely N-dealkylation sites (N-methyl/N-ethyl adjacent to an activating group) is 1. The van der Waals surface area contributed by atoms with Crippen LogP contribution in [0.3, 0.4) is 0 Å². The Bertz CT molecular complexity index is 675. The number of benzene rings is 1. The van der Waals surface area contributed by atoms with Gasteiger partial charge in [0.2, 0.25) is 22.2 Å². The van der Waals surface area contributed by atoms with Crippen molar-refractivity contribution in [3.8, 4) is 6.19 Å². The number of nitrogens with zero attached hydrogens (tertiary/aromatic N) is 3. The van der Waals surface area contributed by atoms with Crippen LogP contribution in [0.5, 0.6) is 0 Å². The largest absolute Gasteiger partial charge is 0.354 e. The van der Waals surface area contributed by atoms with E-state index in [0.29, 0.717) is 23.9 Å². The van der Waals surface area contributed by atoms with Crippen LogP contribution < -0.4 is 15.4 Å². The summed E-state index contributed by atoms with van der Waals surface area (Å²) in [5.74, 6) is 0.355. The molecule has 0 atom stereocenters. The maximum Gasteiger partial charge on any atom is 0.229 e. The van der Waals surface area contributed by atoms with Crippen LogP contribution in [0, 0.1) is 11.5 Å². The van der Waals surface area contributed by atoms with Gasteiger partial charge in [-0.2, -0.15) is 5.26 Å². The summed E-state index contributed by atoms with van der Waals surface area (Å²) in [6.07, 6.45) is 2.85. The van der Waals surface area contributed by atoms with Crippen molar-refractivity contribution in [1.29, 1.82) is 5.26 Å². The predicted octanol–water partition coefficient (Wildman–Crippen LogP) is 1.24. The van der Waals surface area contributed by atoms with Crippen LogP contribution in [0.2, 0.25) is 0 Å². The van der Waals surface area contributed by atoms with Crippen molar-refractivity contribution in [2.45, 2.75) is 13.8 Å². The molecule has 0 amide bonds. The average Bonchev–Trinajstić information content (AvgIpc) is 2.52. The smallest absolute Gasteiger partial charge is 0.229 e. The van der Waals surface area contributed by atoms with Crippen molar-refractivity contribution in [1.82, 2.24) is 10.2 Å². The third-order valence-electron chi connectivity index (χ3n) is 3.23. The number of nitriles is 1. The number of sulfonamides is 1. The van der Waals surface area contributed by atoms with Crippen LogP contribution in [0.4, 0.5) is 11.4 Å². The SMILES string of the molecule is CCN(CC)CCN/C(=N\C#N)Nc1ccc(NS(C)(=O)=O)cc1. The van der Waals surface area contributed by atoms with E-state index in [1.54, 1.807) is 30.5 Å². The van der Waals surface area contributed by atoms with Crippen LogP contribution in [0.1, 0.15) is 13.8 Å². The van der Waals surface area contributed by atoms with Crippen molar-refractivity contribution in [2.75, 3.05) is 42.5 Å². The Hall–Kier alpha value is -2.31. The van der Waals surface area contributed by atoms with Crippen LogP contribution >= 0.6 is 0 Å². The van der Waals surface area contributed by atoms with Crippen molar-refractivity contribution < 1.29 is 8.42 Å². The van der Waals surface area contributed by atoms with E-state index in [1.807, 2.05) is 0 Å². The molecule has 0 spiro atoms. The first-order chi connectivity index (χ1) is 11.4. The third-order valence-corrected chi connectivity index (χ3v) is 3.83. The molecule has 3 N–H and O–H groups in total. The van der Waals surface area contributed by atoms with Gasteiger partial charge in [0.1, 0.15) is 0 Å². The zero-order valence-corrected chi connectivity index (χ0v) is 15.0. The summed E-state index contributed by atoms with van der Waals surface area (Å²) in [6.45, 7) is 7.62. The summed E-state index contributed by atoms with van der Waals surface area (Å²) in [5.41, 5.74) is 1.16. The summed E-state index contributed by atoms with van der Waals surface area (Å²) in [4.78, 5) is 5.97. The molecule has 0 radical (unpaired) electrons. The van der Waals surface area contributed by atoms with E-state index >= 15 is 0 Å². The maximum atomic E-state index is 11.2. The van der Waals surface area contributed by atoms with Gasteiger partial charge in [-0.25, -0.2) is 8.42 Å². The Balaban J connectivity index is 2.62. The minimum atomic E-state index is -3.30. The molecule has 0 heterocycles. The van der Waals surface area contributed by atoms with Crippen molar-refractivity contribution >= 4 is 27.4 Å². The highest BCUT2D eigenvalue weighted by molar-refractivity contribution is 7.92. The third kappa shape index (κ3) is 7.80. The maximum absolute atomic E-state index is 11.2. The lowest BCUT2D eigenvalue weighted by Crippen LogP contribution is -2.37. The fourth-order valence-electron chi connectivity index (χ4n) is 2.01. The van der Waals surface area contributed by atoms with E-state index in [2.05, 4.69) is 39.1 Å². The molecule has 1 aromatic rings. The zero-order chi connectivity index (χ0) is 18.0. The van der Waals surface area contributed by atoms with Crippen LogP contribution in [0.25, 0.3) is 0 Å². The molecule has 1 aromatic carbocycles. The highest BCUT2D eigenvalue weighted by atomic mass is 32.2. The molecule has 0 aromatic heterocycles. The quantitative estimate of drug-likeness (QED) is 0.369. The molecule has 0 aliphatic carbocycles. The summed E-state index contributed by atoms with van der Waals surface area (Å²) in [5, 5.41) is 14.9. The van der Waals surface area contributed by atoms with Gasteiger partial charge < -0.3 is 15.5 Å². The Morgan fingerprint density at radius 1 is 1.21 bits per heavy atom. The molecule has 9 heteroatoms. The lowest BCUT2D eigenvalue weighted by Gasteiger charge is -2.19. The standard InChI is InChI=1S/C15H24N6O2S/c1-4-21(5-2)11-10-17-15(18-12-16)19-13-6-8-14(9-7-13)20-24(3,22)23/h6-9,20H,4-5,10-11H2,1-3H3,(H2,17,18,19). The number of hydrogen-bond donors (Lipinski definition) is 3. The van der Waals surface area contributed by atoms with Crippen molar-refractivity contribution in [2.24, 2.45) is 4.99 Å². The molecule has 0 aliphatic heterocycles. The fourth-order valence-corrected chi connectivity index (χ4v) is 2.57. The van der Waals surface area contributed by atoms with Gasteiger partial charge in [-0.3, -0.25) is 4.72 Å². The number of anilines is 2. The second-order valence-electron chi connectivity index (χ2n) is 5.09.